The Labute approximate surface area is 285 Å². The SMILES string of the molecule is CN(C)C(=O)CCOC(C)(C)C1=CC[C@H]2C3=CC=C4C[C@@H](O[Si](C)(C)C(C)(C)C)C[C@H](O[Si](C)(C)C(C)(C)C)[C@]4(C)[C@H]3CC[C@]12C. The zero-order chi connectivity index (χ0) is 34.9. The summed E-state index contributed by atoms with van der Waals surface area (Å²) in [6.45, 7) is 33.7. The molecule has 7 heteroatoms. The van der Waals surface area contributed by atoms with E-state index in [0.717, 1.165) is 32.1 Å². The van der Waals surface area contributed by atoms with Crippen LogP contribution in [0.3, 0.4) is 0 Å². The summed E-state index contributed by atoms with van der Waals surface area (Å²) >= 11 is 0. The molecular formula is C39H69NO4Si2. The Kier molecular flexibility index (Phi) is 10.2. The van der Waals surface area contributed by atoms with E-state index < -0.39 is 22.2 Å². The maximum atomic E-state index is 12.2. The third-order valence-corrected chi connectivity index (χ3v) is 22.6. The quantitative estimate of drug-likeness (QED) is 0.181. The van der Waals surface area contributed by atoms with Gasteiger partial charge in [0.25, 0.3) is 0 Å². The predicted octanol–water partition coefficient (Wildman–Crippen LogP) is 10.1. The first-order valence-electron chi connectivity index (χ1n) is 18.1. The molecule has 0 radical (unpaired) electrons. The first kappa shape index (κ1) is 37.8. The summed E-state index contributed by atoms with van der Waals surface area (Å²) in [6.07, 6.45) is 13.6. The monoisotopic (exact) mass is 671 g/mol. The van der Waals surface area contributed by atoms with Crippen molar-refractivity contribution in [3.63, 3.8) is 0 Å². The molecule has 0 heterocycles. The van der Waals surface area contributed by atoms with Crippen molar-refractivity contribution in [1.82, 2.24) is 4.90 Å². The number of carbonyl (C=O) groups is 1. The summed E-state index contributed by atoms with van der Waals surface area (Å²) in [5.74, 6) is 1.06. The number of ether oxygens (including phenoxy) is 1. The minimum absolute atomic E-state index is 0.0322. The lowest BCUT2D eigenvalue weighted by Crippen LogP contribution is -2.58. The second-order valence-electron chi connectivity index (χ2n) is 19.3. The number of nitrogens with zero attached hydrogens (tertiary/aromatic N) is 1. The maximum Gasteiger partial charge on any atom is 0.224 e. The molecule has 4 rings (SSSR count). The van der Waals surface area contributed by atoms with Crippen LogP contribution in [0.2, 0.25) is 36.3 Å². The molecule has 4 aliphatic carbocycles. The van der Waals surface area contributed by atoms with Crippen molar-refractivity contribution in [1.29, 1.82) is 0 Å². The van der Waals surface area contributed by atoms with E-state index in [1.807, 2.05) is 14.1 Å². The Morgan fingerprint density at radius 2 is 1.50 bits per heavy atom. The molecule has 6 atom stereocenters. The number of allylic oxidation sites excluding steroid dienone is 4. The second-order valence-corrected chi connectivity index (χ2v) is 28.8. The molecule has 0 bridgehead atoms. The first-order chi connectivity index (χ1) is 20.8. The fourth-order valence-corrected chi connectivity index (χ4v) is 11.4. The molecule has 0 N–H and O–H groups in total. The van der Waals surface area contributed by atoms with E-state index in [0.29, 0.717) is 24.9 Å². The molecule has 262 valence electrons. The van der Waals surface area contributed by atoms with Gasteiger partial charge in [0, 0.05) is 19.5 Å². The largest absolute Gasteiger partial charge is 0.414 e. The van der Waals surface area contributed by atoms with Crippen LogP contribution in [0.1, 0.15) is 108 Å². The third-order valence-electron chi connectivity index (χ3n) is 13.6. The van der Waals surface area contributed by atoms with E-state index in [1.54, 1.807) is 16.0 Å². The van der Waals surface area contributed by atoms with E-state index >= 15 is 0 Å². The average Bonchev–Trinajstić information content (AvgIpc) is 3.25. The Hall–Kier alpha value is -0.996. The van der Waals surface area contributed by atoms with Crippen LogP contribution in [0.4, 0.5) is 0 Å². The molecule has 2 fully saturated rings. The van der Waals surface area contributed by atoms with E-state index in [-0.39, 0.29) is 39.0 Å². The van der Waals surface area contributed by atoms with Gasteiger partial charge in [-0.15, -0.1) is 0 Å². The zero-order valence-corrected chi connectivity index (χ0v) is 34.6. The number of rotatable bonds is 9. The molecule has 2 saturated carbocycles. The Bertz CT molecular complexity index is 1260. The van der Waals surface area contributed by atoms with Crippen molar-refractivity contribution in [2.45, 2.75) is 162 Å². The average molecular weight is 672 g/mol. The summed E-state index contributed by atoms with van der Waals surface area (Å²) in [5.41, 5.74) is 4.20. The molecule has 46 heavy (non-hydrogen) atoms. The molecule has 4 aliphatic rings. The van der Waals surface area contributed by atoms with E-state index in [4.69, 9.17) is 13.6 Å². The number of amides is 1. The topological polar surface area (TPSA) is 48.0 Å². The fraction of sp³-hybridized carbons (Fsp3) is 0.821. The van der Waals surface area contributed by atoms with E-state index in [2.05, 4.69) is 114 Å². The maximum absolute atomic E-state index is 12.2. The van der Waals surface area contributed by atoms with E-state index in [9.17, 15) is 4.79 Å². The van der Waals surface area contributed by atoms with Crippen LogP contribution >= 0.6 is 0 Å². The van der Waals surface area contributed by atoms with Gasteiger partial charge in [0.1, 0.15) is 0 Å². The van der Waals surface area contributed by atoms with Gasteiger partial charge in [-0.25, -0.2) is 0 Å². The predicted molar refractivity (Wildman–Crippen MR) is 198 cm³/mol. The molecule has 0 aromatic heterocycles. The molecule has 0 aromatic carbocycles. The van der Waals surface area contributed by atoms with Gasteiger partial charge >= 0.3 is 0 Å². The summed E-state index contributed by atoms with van der Waals surface area (Å²) in [6, 6.07) is 0. The highest BCUT2D eigenvalue weighted by atomic mass is 28.4. The molecule has 0 aromatic rings. The highest BCUT2D eigenvalue weighted by Crippen LogP contribution is 2.66. The van der Waals surface area contributed by atoms with Gasteiger partial charge in [0.15, 0.2) is 16.6 Å². The summed E-state index contributed by atoms with van der Waals surface area (Å²) < 4.78 is 21.2. The highest BCUT2D eigenvalue weighted by Gasteiger charge is 2.60. The van der Waals surface area contributed by atoms with Crippen molar-refractivity contribution in [2.24, 2.45) is 22.7 Å². The molecule has 0 aliphatic heterocycles. The first-order valence-corrected chi connectivity index (χ1v) is 23.9. The number of hydrogen-bond donors (Lipinski definition) is 0. The third kappa shape index (κ3) is 6.75. The van der Waals surface area contributed by atoms with Gasteiger partial charge in [0.2, 0.25) is 5.91 Å². The van der Waals surface area contributed by atoms with Gasteiger partial charge in [-0.2, -0.15) is 0 Å². The van der Waals surface area contributed by atoms with Crippen molar-refractivity contribution >= 4 is 22.5 Å². The Balaban J connectivity index is 1.66. The lowest BCUT2D eigenvalue weighted by Gasteiger charge is -2.59. The lowest BCUT2D eigenvalue weighted by atomic mass is 9.49. The molecule has 0 unspecified atom stereocenters. The number of carbonyl (C=O) groups excluding carboxylic acids is 1. The second kappa shape index (κ2) is 12.4. The molecule has 5 nitrogen and oxygen atoms in total. The van der Waals surface area contributed by atoms with Crippen LogP contribution < -0.4 is 0 Å². The van der Waals surface area contributed by atoms with Crippen molar-refractivity contribution in [3.8, 4) is 0 Å². The van der Waals surface area contributed by atoms with Crippen LogP contribution in [0.5, 0.6) is 0 Å². The molecule has 0 spiro atoms. The van der Waals surface area contributed by atoms with Crippen LogP contribution in [0.25, 0.3) is 0 Å². The molecule has 1 amide bonds. The van der Waals surface area contributed by atoms with Crippen LogP contribution in [0.15, 0.2) is 34.9 Å². The smallest absolute Gasteiger partial charge is 0.224 e. The van der Waals surface area contributed by atoms with Crippen molar-refractivity contribution < 1.29 is 18.4 Å². The molecule has 0 saturated heterocycles. The van der Waals surface area contributed by atoms with Crippen molar-refractivity contribution in [2.75, 3.05) is 20.7 Å². The summed E-state index contributed by atoms with van der Waals surface area (Å²) in [7, 11) is -0.360. The number of fused-ring (bicyclic) bond motifs is 5. The minimum atomic E-state index is -2.05. The summed E-state index contributed by atoms with van der Waals surface area (Å²) in [5, 5.41) is 0.323. The Morgan fingerprint density at radius 3 is 2.07 bits per heavy atom. The normalized spacial score (nSPS) is 32.1. The van der Waals surface area contributed by atoms with Gasteiger partial charge in [0.05, 0.1) is 30.8 Å². The number of hydrogen-bond acceptors (Lipinski definition) is 4. The Morgan fingerprint density at radius 1 is 0.913 bits per heavy atom. The zero-order valence-electron chi connectivity index (χ0n) is 32.6. The van der Waals surface area contributed by atoms with Gasteiger partial charge in [-0.1, -0.05) is 84.8 Å². The van der Waals surface area contributed by atoms with Gasteiger partial charge in [-0.05, 0) is 105 Å². The standard InChI is InChI=1S/C39H69NO4Si2/c1-35(2,3)45(13,14)43-28-25-27-17-18-29-30-19-20-32(37(7,8)42-24-22-34(41)40(11)12)38(30,9)23-21-31(29)39(27,10)33(26-28)44-46(15,16)36(4,5)6/h17-18,20,28,30-31,33H,19,21-26H2,1-16H3/t28-,30+,31+,33+,38+,39+/m1/s1. The highest BCUT2D eigenvalue weighted by molar-refractivity contribution is 6.74. The van der Waals surface area contributed by atoms with Crippen LogP contribution in [-0.4, -0.2) is 66.0 Å². The van der Waals surface area contributed by atoms with Gasteiger partial charge < -0.3 is 18.5 Å². The fourth-order valence-electron chi connectivity index (χ4n) is 8.61. The minimum Gasteiger partial charge on any atom is -0.414 e. The van der Waals surface area contributed by atoms with Crippen LogP contribution in [0, 0.1) is 22.7 Å². The van der Waals surface area contributed by atoms with Crippen LogP contribution in [-0.2, 0) is 18.4 Å². The molecular weight excluding hydrogens is 603 g/mol. The lowest BCUT2D eigenvalue weighted by molar-refractivity contribution is -0.130. The van der Waals surface area contributed by atoms with E-state index in [1.165, 1.54) is 5.57 Å². The summed E-state index contributed by atoms with van der Waals surface area (Å²) in [4.78, 5) is 13.9. The van der Waals surface area contributed by atoms with Gasteiger partial charge in [-0.3, -0.25) is 4.79 Å². The van der Waals surface area contributed by atoms with Crippen molar-refractivity contribution in [3.05, 3.63) is 34.9 Å².